The van der Waals surface area contributed by atoms with Crippen LogP contribution in [-0.4, -0.2) is 53.9 Å². The van der Waals surface area contributed by atoms with E-state index in [9.17, 15) is 13.2 Å². The summed E-state index contributed by atoms with van der Waals surface area (Å²) in [6.07, 6.45) is -0.216. The largest absolute Gasteiger partial charge is 0.481 e. The molecule has 0 spiro atoms. The standard InChI is InChI=1S/C21H24Cl2N2O4S/c1-14-11-24(13-17-6-7-19(22)20(23)9-17)12-15(2)25(14)30(28,29)18-5-3-4-16(8-18)10-21(26)27/h3-9,14-15H,10-13H2,1-2H3,(H,26,27)/t14-,15+. The number of sulfonamides is 1. The Balaban J connectivity index is 1.78. The Kier molecular flexibility index (Phi) is 7.09. The number of halogens is 2. The maximum Gasteiger partial charge on any atom is 0.307 e. The monoisotopic (exact) mass is 470 g/mol. The van der Waals surface area contributed by atoms with Gasteiger partial charge < -0.3 is 5.11 Å². The lowest BCUT2D eigenvalue weighted by Crippen LogP contribution is -2.58. The Hall–Kier alpha value is -1.64. The highest BCUT2D eigenvalue weighted by Crippen LogP contribution is 2.28. The molecule has 1 heterocycles. The number of hydrogen-bond acceptors (Lipinski definition) is 4. The lowest BCUT2D eigenvalue weighted by Gasteiger charge is -2.43. The minimum Gasteiger partial charge on any atom is -0.481 e. The van der Waals surface area contributed by atoms with Crippen LogP contribution in [0.15, 0.2) is 47.4 Å². The number of piperazine rings is 1. The minimum absolute atomic E-state index is 0.123. The van der Waals surface area contributed by atoms with Gasteiger partial charge in [0.1, 0.15) is 0 Å². The fourth-order valence-corrected chi connectivity index (χ4v) is 6.22. The third kappa shape index (κ3) is 5.15. The molecule has 1 aliphatic rings. The van der Waals surface area contributed by atoms with E-state index in [2.05, 4.69) is 4.90 Å². The van der Waals surface area contributed by atoms with Gasteiger partial charge in [-0.25, -0.2) is 8.42 Å². The Bertz CT molecular complexity index is 1030. The van der Waals surface area contributed by atoms with E-state index in [0.717, 1.165) is 5.56 Å². The Morgan fingerprint density at radius 3 is 2.30 bits per heavy atom. The lowest BCUT2D eigenvalue weighted by molar-refractivity contribution is -0.136. The minimum atomic E-state index is -3.75. The highest BCUT2D eigenvalue weighted by molar-refractivity contribution is 7.89. The van der Waals surface area contributed by atoms with Crippen LogP contribution in [0.4, 0.5) is 0 Å². The van der Waals surface area contributed by atoms with Gasteiger partial charge >= 0.3 is 5.97 Å². The molecule has 2 aromatic rings. The van der Waals surface area contributed by atoms with Crippen LogP contribution in [0.25, 0.3) is 0 Å². The second-order valence-corrected chi connectivity index (χ2v) is 10.4. The lowest BCUT2D eigenvalue weighted by atomic mass is 10.1. The Morgan fingerprint density at radius 1 is 1.03 bits per heavy atom. The molecule has 6 nitrogen and oxygen atoms in total. The zero-order valence-corrected chi connectivity index (χ0v) is 19.1. The first-order valence-corrected chi connectivity index (χ1v) is 11.8. The van der Waals surface area contributed by atoms with Crippen LogP contribution >= 0.6 is 23.2 Å². The van der Waals surface area contributed by atoms with Crippen molar-refractivity contribution < 1.29 is 18.3 Å². The fourth-order valence-electron chi connectivity index (χ4n) is 4.03. The second-order valence-electron chi connectivity index (χ2n) is 7.69. The van der Waals surface area contributed by atoms with Crippen molar-refractivity contribution in [3.05, 3.63) is 63.6 Å². The summed E-state index contributed by atoms with van der Waals surface area (Å²) >= 11 is 12.1. The van der Waals surface area contributed by atoms with Crippen LogP contribution < -0.4 is 0 Å². The molecule has 0 radical (unpaired) electrons. The number of carboxylic acids is 1. The normalized spacial score (nSPS) is 20.9. The number of hydrogen-bond donors (Lipinski definition) is 1. The van der Waals surface area contributed by atoms with Crippen LogP contribution in [-0.2, 0) is 27.8 Å². The van der Waals surface area contributed by atoms with Crippen molar-refractivity contribution >= 4 is 39.2 Å². The number of rotatable bonds is 6. The molecule has 0 aliphatic carbocycles. The third-order valence-electron chi connectivity index (χ3n) is 5.13. The number of carbonyl (C=O) groups is 1. The van der Waals surface area contributed by atoms with Crippen molar-refractivity contribution in [2.75, 3.05) is 13.1 Å². The van der Waals surface area contributed by atoms with E-state index in [0.29, 0.717) is 35.2 Å². The Morgan fingerprint density at radius 2 is 1.70 bits per heavy atom. The maximum absolute atomic E-state index is 13.3. The molecule has 9 heteroatoms. The summed E-state index contributed by atoms with van der Waals surface area (Å²) in [6.45, 7) is 5.55. The summed E-state index contributed by atoms with van der Waals surface area (Å²) in [7, 11) is -3.75. The van der Waals surface area contributed by atoms with Gasteiger partial charge in [-0.3, -0.25) is 9.69 Å². The molecule has 30 heavy (non-hydrogen) atoms. The predicted octanol–water partition coefficient (Wildman–Crippen LogP) is 3.90. The van der Waals surface area contributed by atoms with Gasteiger partial charge in [0.2, 0.25) is 10.0 Å². The van der Waals surface area contributed by atoms with Crippen LogP contribution in [0.3, 0.4) is 0 Å². The molecule has 0 saturated carbocycles. The van der Waals surface area contributed by atoms with E-state index < -0.39 is 16.0 Å². The third-order valence-corrected chi connectivity index (χ3v) is 8.00. The van der Waals surface area contributed by atoms with Crippen molar-refractivity contribution in [3.63, 3.8) is 0 Å². The molecule has 1 saturated heterocycles. The van der Waals surface area contributed by atoms with E-state index in [1.165, 1.54) is 16.4 Å². The van der Waals surface area contributed by atoms with Crippen molar-refractivity contribution in [1.82, 2.24) is 9.21 Å². The van der Waals surface area contributed by atoms with Crippen LogP contribution in [0, 0.1) is 0 Å². The molecule has 1 N–H and O–H groups in total. The average Bonchev–Trinajstić information content (AvgIpc) is 2.63. The average molecular weight is 471 g/mol. The van der Waals surface area contributed by atoms with Crippen molar-refractivity contribution in [1.29, 1.82) is 0 Å². The van der Waals surface area contributed by atoms with E-state index in [4.69, 9.17) is 28.3 Å². The summed E-state index contributed by atoms with van der Waals surface area (Å²) in [5.74, 6) is -0.998. The molecule has 0 unspecified atom stereocenters. The molecule has 1 aliphatic heterocycles. The molecular weight excluding hydrogens is 447 g/mol. The molecule has 162 valence electrons. The van der Waals surface area contributed by atoms with Gasteiger partial charge in [0, 0.05) is 31.7 Å². The van der Waals surface area contributed by atoms with E-state index >= 15 is 0 Å². The van der Waals surface area contributed by atoms with E-state index in [-0.39, 0.29) is 23.4 Å². The maximum atomic E-state index is 13.3. The highest BCUT2D eigenvalue weighted by atomic mass is 35.5. The smallest absolute Gasteiger partial charge is 0.307 e. The number of aliphatic carboxylic acids is 1. The molecule has 2 atom stereocenters. The molecular formula is C21H24Cl2N2O4S. The molecule has 0 aromatic heterocycles. The summed E-state index contributed by atoms with van der Waals surface area (Å²) in [5.41, 5.74) is 1.48. The number of carboxylic acid groups (broad SMARTS) is 1. The fraction of sp³-hybridized carbons (Fsp3) is 0.381. The van der Waals surface area contributed by atoms with Crippen LogP contribution in [0.5, 0.6) is 0 Å². The van der Waals surface area contributed by atoms with Gasteiger partial charge in [0.25, 0.3) is 0 Å². The van der Waals surface area contributed by atoms with Gasteiger partial charge in [0.15, 0.2) is 0 Å². The van der Waals surface area contributed by atoms with Gasteiger partial charge in [0.05, 0.1) is 21.4 Å². The molecule has 3 rings (SSSR count). The zero-order chi connectivity index (χ0) is 22.1. The topological polar surface area (TPSA) is 77.9 Å². The summed E-state index contributed by atoms with van der Waals surface area (Å²) in [4.78, 5) is 13.3. The molecule has 2 aromatic carbocycles. The van der Waals surface area contributed by atoms with Crippen LogP contribution in [0.1, 0.15) is 25.0 Å². The molecule has 1 fully saturated rings. The first-order valence-electron chi connectivity index (χ1n) is 9.58. The predicted molar refractivity (Wildman–Crippen MR) is 117 cm³/mol. The van der Waals surface area contributed by atoms with Gasteiger partial charge in [-0.15, -0.1) is 0 Å². The number of nitrogens with zero attached hydrogens (tertiary/aromatic N) is 2. The summed E-state index contributed by atoms with van der Waals surface area (Å²) in [6, 6.07) is 11.2. The van der Waals surface area contributed by atoms with Gasteiger partial charge in [-0.05, 0) is 49.2 Å². The van der Waals surface area contributed by atoms with E-state index in [1.54, 1.807) is 18.2 Å². The van der Waals surface area contributed by atoms with Crippen molar-refractivity contribution in [2.24, 2.45) is 0 Å². The first kappa shape index (κ1) is 23.0. The zero-order valence-electron chi connectivity index (χ0n) is 16.8. The summed E-state index contributed by atoms with van der Waals surface area (Å²) in [5, 5.41) is 10.00. The van der Waals surface area contributed by atoms with Gasteiger partial charge in [-0.1, -0.05) is 41.4 Å². The molecule has 0 bridgehead atoms. The molecule has 0 amide bonds. The Labute approximate surface area is 187 Å². The van der Waals surface area contributed by atoms with Crippen molar-refractivity contribution in [3.8, 4) is 0 Å². The number of benzene rings is 2. The van der Waals surface area contributed by atoms with Crippen LogP contribution in [0.2, 0.25) is 10.0 Å². The van der Waals surface area contributed by atoms with Crippen molar-refractivity contribution in [2.45, 2.75) is 43.8 Å². The highest BCUT2D eigenvalue weighted by Gasteiger charge is 2.38. The quantitative estimate of drug-likeness (QED) is 0.692. The van der Waals surface area contributed by atoms with Gasteiger partial charge in [-0.2, -0.15) is 4.31 Å². The van der Waals surface area contributed by atoms with E-state index in [1.807, 2.05) is 26.0 Å². The first-order chi connectivity index (χ1) is 14.1. The second kappa shape index (κ2) is 9.24. The summed E-state index contributed by atoms with van der Waals surface area (Å²) < 4.78 is 28.2. The SMILES string of the molecule is C[C@@H]1CN(Cc2ccc(Cl)c(Cl)c2)C[C@H](C)N1S(=O)(=O)c1cccc(CC(=O)O)c1.